The smallest absolute Gasteiger partial charge is 0.164 e. The van der Waals surface area contributed by atoms with E-state index in [4.69, 9.17) is 20.2 Å². The van der Waals surface area contributed by atoms with E-state index in [0.717, 1.165) is 39.2 Å². The highest BCUT2D eigenvalue weighted by Gasteiger charge is 2.14. The van der Waals surface area contributed by atoms with Crippen LogP contribution in [0.25, 0.3) is 56.7 Å². The van der Waals surface area contributed by atoms with E-state index in [0.29, 0.717) is 17.5 Å². The highest BCUT2D eigenvalue weighted by molar-refractivity contribution is 5.70. The number of hydrogen-bond donors (Lipinski definition) is 0. The molecule has 0 bridgehead atoms. The molecule has 7 aromatic rings. The molecule has 7 rings (SSSR count). The molecule has 0 N–H and O–H groups in total. The number of aromatic nitrogens is 8. The van der Waals surface area contributed by atoms with Gasteiger partial charge in [-0.15, -0.1) is 0 Å². The Kier molecular flexibility index (Phi) is 5.95. The second kappa shape index (κ2) is 10.2. The van der Waals surface area contributed by atoms with Crippen molar-refractivity contribution >= 4 is 0 Å². The second-order valence-corrected chi connectivity index (χ2v) is 9.14. The largest absolute Gasteiger partial charge is 0.244 e. The lowest BCUT2D eigenvalue weighted by molar-refractivity contribution is 0.809. The van der Waals surface area contributed by atoms with Gasteiger partial charge in [-0.25, -0.2) is 29.3 Å². The molecule has 0 aliphatic heterocycles. The van der Waals surface area contributed by atoms with Crippen molar-refractivity contribution in [3.63, 3.8) is 0 Å². The highest BCUT2D eigenvalue weighted by atomic mass is 15.3. The summed E-state index contributed by atoms with van der Waals surface area (Å²) >= 11 is 0. The SMILES string of the molecule is c1ccc(-c2ccn(-c3cc(-n4ccc(-c5ccccc5)n4)nc(-c4cccc(-c5cncnc5)c4)n3)n2)cc1. The van der Waals surface area contributed by atoms with Gasteiger partial charge in [-0.05, 0) is 23.8 Å². The summed E-state index contributed by atoms with van der Waals surface area (Å²) in [6, 6.07) is 34.0. The molecule has 40 heavy (non-hydrogen) atoms. The molecule has 0 atom stereocenters. The monoisotopic (exact) mass is 518 g/mol. The third kappa shape index (κ3) is 4.65. The molecule has 0 unspecified atom stereocenters. The van der Waals surface area contributed by atoms with Crippen molar-refractivity contribution in [1.29, 1.82) is 0 Å². The van der Waals surface area contributed by atoms with E-state index in [2.05, 4.69) is 9.97 Å². The lowest BCUT2D eigenvalue weighted by Gasteiger charge is -2.10. The number of nitrogens with zero attached hydrogens (tertiary/aromatic N) is 8. The molecule has 190 valence electrons. The molecule has 0 fully saturated rings. The van der Waals surface area contributed by atoms with Crippen LogP contribution in [-0.2, 0) is 0 Å². The predicted molar refractivity (Wildman–Crippen MR) is 154 cm³/mol. The maximum absolute atomic E-state index is 4.92. The number of hydrogen-bond acceptors (Lipinski definition) is 6. The Morgan fingerprint density at radius 1 is 0.450 bits per heavy atom. The van der Waals surface area contributed by atoms with Crippen molar-refractivity contribution in [2.75, 3.05) is 0 Å². The summed E-state index contributed by atoms with van der Waals surface area (Å²) in [5.74, 6) is 1.82. The first-order chi connectivity index (χ1) is 19.8. The maximum atomic E-state index is 4.92. The predicted octanol–water partition coefficient (Wildman–Crippen LogP) is 6.31. The molecule has 4 heterocycles. The van der Waals surface area contributed by atoms with Crippen LogP contribution in [0, 0.1) is 0 Å². The maximum Gasteiger partial charge on any atom is 0.164 e. The van der Waals surface area contributed by atoms with Crippen LogP contribution < -0.4 is 0 Å². The van der Waals surface area contributed by atoms with Gasteiger partial charge < -0.3 is 0 Å². The van der Waals surface area contributed by atoms with Gasteiger partial charge in [-0.2, -0.15) is 10.2 Å². The molecule has 0 saturated heterocycles. The number of benzene rings is 3. The van der Waals surface area contributed by atoms with Gasteiger partial charge in [0.2, 0.25) is 0 Å². The minimum Gasteiger partial charge on any atom is -0.244 e. The minimum atomic E-state index is 0.555. The molecule has 0 aliphatic carbocycles. The van der Waals surface area contributed by atoms with Gasteiger partial charge in [0.15, 0.2) is 17.5 Å². The summed E-state index contributed by atoms with van der Waals surface area (Å²) in [5, 5.41) is 9.64. The van der Waals surface area contributed by atoms with Crippen LogP contribution in [0.1, 0.15) is 0 Å². The lowest BCUT2D eigenvalue weighted by atomic mass is 10.1. The van der Waals surface area contributed by atoms with Gasteiger partial charge >= 0.3 is 0 Å². The van der Waals surface area contributed by atoms with E-state index in [1.54, 1.807) is 21.8 Å². The normalized spacial score (nSPS) is 11.0. The Morgan fingerprint density at radius 3 is 1.55 bits per heavy atom. The fraction of sp³-hybridized carbons (Fsp3) is 0. The van der Waals surface area contributed by atoms with Crippen LogP contribution in [0.4, 0.5) is 0 Å². The van der Waals surface area contributed by atoms with Crippen molar-refractivity contribution in [2.24, 2.45) is 0 Å². The zero-order valence-corrected chi connectivity index (χ0v) is 21.3. The van der Waals surface area contributed by atoms with Crippen molar-refractivity contribution in [2.45, 2.75) is 0 Å². The Hall–Kier alpha value is -5.76. The topological polar surface area (TPSA) is 87.2 Å². The van der Waals surface area contributed by atoms with Crippen LogP contribution in [-0.4, -0.2) is 39.5 Å². The second-order valence-electron chi connectivity index (χ2n) is 9.14. The third-order valence-electron chi connectivity index (χ3n) is 6.50. The first-order valence-electron chi connectivity index (χ1n) is 12.8. The molecule has 3 aromatic carbocycles. The first-order valence-corrected chi connectivity index (χ1v) is 12.8. The van der Waals surface area contributed by atoms with Crippen molar-refractivity contribution < 1.29 is 0 Å². The summed E-state index contributed by atoms with van der Waals surface area (Å²) in [5.41, 5.74) is 6.54. The van der Waals surface area contributed by atoms with Crippen molar-refractivity contribution in [3.05, 3.63) is 134 Å². The van der Waals surface area contributed by atoms with Crippen LogP contribution in [0.15, 0.2) is 134 Å². The molecule has 8 heteroatoms. The molecule has 0 radical (unpaired) electrons. The molecule has 0 saturated carbocycles. The third-order valence-corrected chi connectivity index (χ3v) is 6.50. The molecule has 0 spiro atoms. The summed E-state index contributed by atoms with van der Waals surface area (Å²) in [7, 11) is 0. The van der Waals surface area contributed by atoms with Crippen molar-refractivity contribution in [1.82, 2.24) is 39.5 Å². The highest BCUT2D eigenvalue weighted by Crippen LogP contribution is 2.26. The van der Waals surface area contributed by atoms with Gasteiger partial charge in [-0.1, -0.05) is 78.9 Å². The Bertz CT molecular complexity index is 1800. The van der Waals surface area contributed by atoms with E-state index in [-0.39, 0.29) is 0 Å². The minimum absolute atomic E-state index is 0.555. The summed E-state index contributed by atoms with van der Waals surface area (Å²) < 4.78 is 3.54. The van der Waals surface area contributed by atoms with Gasteiger partial charge in [0, 0.05) is 53.1 Å². The van der Waals surface area contributed by atoms with Crippen LogP contribution >= 0.6 is 0 Å². The Labute approximate surface area is 230 Å². The fourth-order valence-electron chi connectivity index (χ4n) is 4.50. The van der Waals surface area contributed by atoms with Gasteiger partial charge in [0.05, 0.1) is 11.4 Å². The standard InChI is InChI=1S/C32H22N8/c1-3-8-23(9-4-1)28-14-16-39(37-28)30-19-31(40-17-15-29(38-40)24-10-5-2-6-11-24)36-32(35-30)26-13-7-12-25(18-26)27-20-33-22-34-21-27/h1-22H. The quantitative estimate of drug-likeness (QED) is 0.257. The first kappa shape index (κ1) is 23.4. The fourth-order valence-corrected chi connectivity index (χ4v) is 4.50. The van der Waals surface area contributed by atoms with Gasteiger partial charge in [-0.3, -0.25) is 0 Å². The summed E-state index contributed by atoms with van der Waals surface area (Å²) in [6.07, 6.45) is 8.92. The zero-order valence-electron chi connectivity index (χ0n) is 21.3. The zero-order chi connectivity index (χ0) is 26.7. The van der Waals surface area contributed by atoms with E-state index in [1.807, 2.05) is 116 Å². The molecule has 0 amide bonds. The van der Waals surface area contributed by atoms with Crippen molar-refractivity contribution in [3.8, 4) is 56.7 Å². The summed E-state index contributed by atoms with van der Waals surface area (Å²) in [6.45, 7) is 0. The average molecular weight is 519 g/mol. The van der Waals surface area contributed by atoms with Gasteiger partial charge in [0.25, 0.3) is 0 Å². The van der Waals surface area contributed by atoms with E-state index >= 15 is 0 Å². The van der Waals surface area contributed by atoms with Crippen LogP contribution in [0.5, 0.6) is 0 Å². The van der Waals surface area contributed by atoms with Crippen LogP contribution in [0.3, 0.4) is 0 Å². The Balaban J connectivity index is 1.34. The van der Waals surface area contributed by atoms with Crippen LogP contribution in [0.2, 0.25) is 0 Å². The van der Waals surface area contributed by atoms with Gasteiger partial charge in [0.1, 0.15) is 6.33 Å². The molecule has 4 aromatic heterocycles. The van der Waals surface area contributed by atoms with E-state index < -0.39 is 0 Å². The molecular formula is C32H22N8. The van der Waals surface area contributed by atoms with E-state index in [1.165, 1.54) is 6.33 Å². The lowest BCUT2D eigenvalue weighted by Crippen LogP contribution is -2.07. The number of rotatable bonds is 6. The molecule has 8 nitrogen and oxygen atoms in total. The average Bonchev–Trinajstić information content (AvgIpc) is 3.74. The van der Waals surface area contributed by atoms with E-state index in [9.17, 15) is 0 Å². The Morgan fingerprint density at radius 2 is 0.975 bits per heavy atom. The summed E-state index contributed by atoms with van der Waals surface area (Å²) in [4.78, 5) is 18.2. The molecular weight excluding hydrogens is 496 g/mol. The molecule has 0 aliphatic rings.